The van der Waals surface area contributed by atoms with Gasteiger partial charge in [-0.25, -0.2) is 4.79 Å². The molecule has 1 aliphatic rings. The molecule has 2 aromatic rings. The molecule has 0 radical (unpaired) electrons. The Morgan fingerprint density at radius 1 is 1.38 bits per heavy atom. The number of rotatable bonds is 4. The molecule has 24 heavy (non-hydrogen) atoms. The first kappa shape index (κ1) is 16.7. The Morgan fingerprint density at radius 3 is 2.96 bits per heavy atom. The zero-order valence-electron chi connectivity index (χ0n) is 14.0. The van der Waals surface area contributed by atoms with Crippen LogP contribution in [0, 0.1) is 0 Å². The molecular formula is C18H22ClN3O2. The van der Waals surface area contributed by atoms with Crippen LogP contribution in [-0.4, -0.2) is 29.2 Å². The van der Waals surface area contributed by atoms with E-state index in [1.165, 1.54) is 5.69 Å². The van der Waals surface area contributed by atoms with E-state index < -0.39 is 0 Å². The fourth-order valence-corrected chi connectivity index (χ4v) is 3.42. The number of methoxy groups -OCH3 is 1. The van der Waals surface area contributed by atoms with Crippen molar-refractivity contribution in [2.24, 2.45) is 0 Å². The smallest absolute Gasteiger partial charge is 0.322 e. The third kappa shape index (κ3) is 3.22. The molecule has 1 aliphatic heterocycles. The number of benzene rings is 1. The van der Waals surface area contributed by atoms with Crippen LogP contribution in [0.2, 0.25) is 5.02 Å². The van der Waals surface area contributed by atoms with Crippen molar-refractivity contribution in [3.63, 3.8) is 0 Å². The van der Waals surface area contributed by atoms with Crippen LogP contribution in [0.15, 0.2) is 36.5 Å². The molecule has 3 rings (SSSR count). The van der Waals surface area contributed by atoms with Crippen molar-refractivity contribution in [2.45, 2.75) is 32.4 Å². The number of amides is 2. The van der Waals surface area contributed by atoms with Crippen LogP contribution in [0.3, 0.4) is 0 Å². The molecule has 1 N–H and O–H groups in total. The van der Waals surface area contributed by atoms with Gasteiger partial charge in [0.2, 0.25) is 0 Å². The van der Waals surface area contributed by atoms with E-state index in [2.05, 4.69) is 29.1 Å². The molecule has 1 atom stereocenters. The van der Waals surface area contributed by atoms with Crippen molar-refractivity contribution in [3.8, 4) is 5.75 Å². The predicted octanol–water partition coefficient (Wildman–Crippen LogP) is 4.54. The van der Waals surface area contributed by atoms with Gasteiger partial charge < -0.3 is 19.5 Å². The first-order valence-electron chi connectivity index (χ1n) is 8.20. The highest BCUT2D eigenvalue weighted by Gasteiger charge is 2.30. The maximum Gasteiger partial charge on any atom is 0.322 e. The Morgan fingerprint density at radius 2 is 2.21 bits per heavy atom. The molecular weight excluding hydrogens is 326 g/mol. The minimum atomic E-state index is -0.124. The van der Waals surface area contributed by atoms with Gasteiger partial charge in [-0.3, -0.25) is 0 Å². The van der Waals surface area contributed by atoms with Gasteiger partial charge in [0, 0.05) is 30.0 Å². The second kappa shape index (κ2) is 7.18. The van der Waals surface area contributed by atoms with Gasteiger partial charge in [-0.15, -0.1) is 0 Å². The number of carbonyl (C=O) groups is 1. The molecule has 2 heterocycles. The summed E-state index contributed by atoms with van der Waals surface area (Å²) >= 11 is 6.05. The summed E-state index contributed by atoms with van der Waals surface area (Å²) in [6.07, 6.45) is 4.03. The topological polar surface area (TPSA) is 46.5 Å². The van der Waals surface area contributed by atoms with Crippen LogP contribution in [-0.2, 0) is 6.54 Å². The lowest BCUT2D eigenvalue weighted by Crippen LogP contribution is -2.44. The summed E-state index contributed by atoms with van der Waals surface area (Å²) < 4.78 is 7.54. The molecule has 0 fully saturated rings. The first-order valence-corrected chi connectivity index (χ1v) is 8.58. The molecule has 0 spiro atoms. The quantitative estimate of drug-likeness (QED) is 0.882. The van der Waals surface area contributed by atoms with Crippen LogP contribution < -0.4 is 10.1 Å². The van der Waals surface area contributed by atoms with E-state index in [4.69, 9.17) is 16.3 Å². The zero-order valence-corrected chi connectivity index (χ0v) is 14.7. The van der Waals surface area contributed by atoms with Gasteiger partial charge in [0.25, 0.3) is 0 Å². The highest BCUT2D eigenvalue weighted by atomic mass is 35.5. The van der Waals surface area contributed by atoms with E-state index >= 15 is 0 Å². The predicted molar refractivity (Wildman–Crippen MR) is 95.8 cm³/mol. The number of hydrogen-bond acceptors (Lipinski definition) is 2. The number of urea groups is 1. The van der Waals surface area contributed by atoms with E-state index in [0.29, 0.717) is 23.0 Å². The number of halogens is 1. The Labute approximate surface area is 147 Å². The van der Waals surface area contributed by atoms with Gasteiger partial charge in [0.15, 0.2) is 0 Å². The molecule has 0 bridgehead atoms. The normalized spacial score (nSPS) is 16.6. The van der Waals surface area contributed by atoms with Crippen LogP contribution in [0.25, 0.3) is 0 Å². The highest BCUT2D eigenvalue weighted by molar-refractivity contribution is 6.31. The first-order chi connectivity index (χ1) is 11.6. The van der Waals surface area contributed by atoms with Gasteiger partial charge in [0.05, 0.1) is 18.8 Å². The Kier molecular flexibility index (Phi) is 5.00. The van der Waals surface area contributed by atoms with Crippen molar-refractivity contribution in [2.75, 3.05) is 19.0 Å². The fraction of sp³-hybridized carbons (Fsp3) is 0.389. The van der Waals surface area contributed by atoms with Crippen molar-refractivity contribution in [1.29, 1.82) is 0 Å². The zero-order chi connectivity index (χ0) is 17.1. The standard InChI is InChI=1S/C18H22ClN3O2/c1-3-5-16-15-6-4-9-21(15)10-11-22(16)18(23)20-14-12-13(19)7-8-17(14)24-2/h4,6-9,12,16H,3,5,10-11H2,1-2H3,(H,20,23)/t16-/m1/s1. The SMILES string of the molecule is CCC[C@@H]1c2cccn2CCN1C(=O)Nc1cc(Cl)ccc1OC. The molecule has 128 valence electrons. The number of fused-ring (bicyclic) bond motifs is 1. The summed E-state index contributed by atoms with van der Waals surface area (Å²) in [5.41, 5.74) is 1.78. The van der Waals surface area contributed by atoms with E-state index in [1.54, 1.807) is 25.3 Å². The van der Waals surface area contributed by atoms with Gasteiger partial charge in [-0.1, -0.05) is 24.9 Å². The highest BCUT2D eigenvalue weighted by Crippen LogP contribution is 2.32. The third-order valence-electron chi connectivity index (χ3n) is 4.39. The number of nitrogens with one attached hydrogen (secondary N) is 1. The molecule has 0 saturated carbocycles. The summed E-state index contributed by atoms with van der Waals surface area (Å²) in [5, 5.41) is 3.51. The summed E-state index contributed by atoms with van der Waals surface area (Å²) in [6.45, 7) is 3.63. The van der Waals surface area contributed by atoms with Gasteiger partial charge in [-0.2, -0.15) is 0 Å². The number of ether oxygens (including phenoxy) is 1. The molecule has 1 aromatic carbocycles. The average Bonchev–Trinajstić information content (AvgIpc) is 3.04. The van der Waals surface area contributed by atoms with Crippen molar-refractivity contribution < 1.29 is 9.53 Å². The molecule has 2 amide bonds. The molecule has 5 nitrogen and oxygen atoms in total. The van der Waals surface area contributed by atoms with E-state index in [-0.39, 0.29) is 12.1 Å². The Hall–Kier alpha value is -2.14. The second-order valence-electron chi connectivity index (χ2n) is 5.90. The van der Waals surface area contributed by atoms with Gasteiger partial charge in [-0.05, 0) is 36.8 Å². The van der Waals surface area contributed by atoms with E-state index in [0.717, 1.165) is 19.4 Å². The third-order valence-corrected chi connectivity index (χ3v) is 4.63. The van der Waals surface area contributed by atoms with Crippen LogP contribution in [0.5, 0.6) is 5.75 Å². The summed E-state index contributed by atoms with van der Waals surface area (Å²) in [6, 6.07) is 9.30. The molecule has 0 unspecified atom stereocenters. The lowest BCUT2D eigenvalue weighted by molar-refractivity contribution is 0.163. The van der Waals surface area contributed by atoms with Crippen LogP contribution in [0.1, 0.15) is 31.5 Å². The Balaban J connectivity index is 1.83. The summed E-state index contributed by atoms with van der Waals surface area (Å²) in [4.78, 5) is 14.8. The number of carbonyl (C=O) groups excluding carboxylic acids is 1. The monoisotopic (exact) mass is 347 g/mol. The largest absolute Gasteiger partial charge is 0.495 e. The number of hydrogen-bond donors (Lipinski definition) is 1. The van der Waals surface area contributed by atoms with Crippen molar-refractivity contribution >= 4 is 23.3 Å². The average molecular weight is 348 g/mol. The second-order valence-corrected chi connectivity index (χ2v) is 6.34. The molecule has 0 saturated heterocycles. The van der Waals surface area contributed by atoms with Crippen LogP contribution in [0.4, 0.5) is 10.5 Å². The number of anilines is 1. The minimum absolute atomic E-state index is 0.0870. The number of nitrogens with zero attached hydrogens (tertiary/aromatic N) is 2. The lowest BCUT2D eigenvalue weighted by atomic mass is 10.0. The van der Waals surface area contributed by atoms with Crippen LogP contribution >= 0.6 is 11.6 Å². The van der Waals surface area contributed by atoms with E-state index in [1.807, 2.05) is 11.0 Å². The summed E-state index contributed by atoms with van der Waals surface area (Å²) in [7, 11) is 1.58. The minimum Gasteiger partial charge on any atom is -0.495 e. The summed E-state index contributed by atoms with van der Waals surface area (Å²) in [5.74, 6) is 0.597. The Bertz CT molecular complexity index is 729. The molecule has 6 heteroatoms. The van der Waals surface area contributed by atoms with E-state index in [9.17, 15) is 4.79 Å². The van der Waals surface area contributed by atoms with Gasteiger partial charge >= 0.3 is 6.03 Å². The van der Waals surface area contributed by atoms with Crippen molar-refractivity contribution in [3.05, 3.63) is 47.2 Å². The maximum atomic E-state index is 12.9. The van der Waals surface area contributed by atoms with Crippen molar-refractivity contribution in [1.82, 2.24) is 9.47 Å². The lowest BCUT2D eigenvalue weighted by Gasteiger charge is -2.37. The maximum absolute atomic E-state index is 12.9. The number of aromatic nitrogens is 1. The van der Waals surface area contributed by atoms with Gasteiger partial charge in [0.1, 0.15) is 5.75 Å². The molecule has 1 aromatic heterocycles. The fourth-order valence-electron chi connectivity index (χ4n) is 3.25. The molecule has 0 aliphatic carbocycles.